The van der Waals surface area contributed by atoms with Crippen LogP contribution >= 0.6 is 24.0 Å². The Morgan fingerprint density at radius 1 is 1.55 bits per heavy atom. The van der Waals surface area contributed by atoms with E-state index < -0.39 is 0 Å². The van der Waals surface area contributed by atoms with E-state index in [1.54, 1.807) is 18.7 Å². The molecule has 0 rings (SSSR count). The normalized spacial score (nSPS) is 9.36. The maximum absolute atomic E-state index is 10.5. The fourth-order valence-corrected chi connectivity index (χ4v) is 1.48. The molecule has 0 saturated carbocycles. The first-order valence-corrected chi connectivity index (χ1v) is 4.77. The average molecular weight is 191 g/mol. The van der Waals surface area contributed by atoms with Gasteiger partial charge in [-0.25, -0.2) is 0 Å². The van der Waals surface area contributed by atoms with E-state index in [1.807, 2.05) is 19.0 Å². The van der Waals surface area contributed by atoms with E-state index in [1.165, 1.54) is 0 Å². The Labute approximate surface area is 77.3 Å². The summed E-state index contributed by atoms with van der Waals surface area (Å²) < 4.78 is 0.839. The van der Waals surface area contributed by atoms with Crippen LogP contribution in [-0.2, 0) is 4.79 Å². The van der Waals surface area contributed by atoms with Crippen molar-refractivity contribution in [2.75, 3.05) is 19.8 Å². The summed E-state index contributed by atoms with van der Waals surface area (Å²) in [5.74, 6) is 1.02. The van der Waals surface area contributed by atoms with Gasteiger partial charge in [0, 0.05) is 26.3 Å². The summed E-state index contributed by atoms with van der Waals surface area (Å²) in [6.07, 6.45) is 0.610. The zero-order valence-electron chi connectivity index (χ0n) is 7.09. The van der Waals surface area contributed by atoms with Crippen LogP contribution in [0.3, 0.4) is 0 Å². The highest BCUT2D eigenvalue weighted by molar-refractivity contribution is 8.22. The number of thioether (sulfide) groups is 1. The first-order chi connectivity index (χ1) is 5.04. The van der Waals surface area contributed by atoms with Gasteiger partial charge in [0.2, 0.25) is 0 Å². The van der Waals surface area contributed by atoms with Crippen LogP contribution in [0.2, 0.25) is 0 Å². The third kappa shape index (κ3) is 6.31. The summed E-state index contributed by atoms with van der Waals surface area (Å²) in [7, 11) is 3.81. The van der Waals surface area contributed by atoms with Crippen molar-refractivity contribution in [3.63, 3.8) is 0 Å². The van der Waals surface area contributed by atoms with Crippen molar-refractivity contribution in [3.05, 3.63) is 0 Å². The van der Waals surface area contributed by atoms with Crippen LogP contribution in [-0.4, -0.2) is 34.9 Å². The Balaban J connectivity index is 3.39. The van der Waals surface area contributed by atoms with Gasteiger partial charge in [0.05, 0.1) is 0 Å². The Morgan fingerprint density at radius 2 is 2.09 bits per heavy atom. The van der Waals surface area contributed by atoms with E-state index in [4.69, 9.17) is 12.2 Å². The lowest BCUT2D eigenvalue weighted by Gasteiger charge is -2.11. The van der Waals surface area contributed by atoms with Crippen LogP contribution in [0, 0.1) is 0 Å². The Bertz CT molecular complexity index is 157. The van der Waals surface area contributed by atoms with Gasteiger partial charge in [-0.05, 0) is 6.92 Å². The maximum Gasteiger partial charge on any atom is 0.135 e. The molecule has 0 atom stereocenters. The summed E-state index contributed by atoms with van der Waals surface area (Å²) in [5.41, 5.74) is 0. The van der Waals surface area contributed by atoms with Crippen LogP contribution in [0.1, 0.15) is 13.3 Å². The number of Topliss-reactive ketones (excluding diaryl/α,β-unsaturated/α-hetero) is 1. The molecule has 0 saturated heterocycles. The molecule has 0 amide bonds. The van der Waals surface area contributed by atoms with Gasteiger partial charge in [0.1, 0.15) is 10.1 Å². The second-order valence-corrected chi connectivity index (χ2v) is 4.19. The minimum atomic E-state index is 0.221. The summed E-state index contributed by atoms with van der Waals surface area (Å²) in [6.45, 7) is 1.60. The van der Waals surface area contributed by atoms with Gasteiger partial charge < -0.3 is 4.90 Å². The highest BCUT2D eigenvalue weighted by atomic mass is 32.2. The zero-order valence-corrected chi connectivity index (χ0v) is 8.72. The summed E-state index contributed by atoms with van der Waals surface area (Å²) in [4.78, 5) is 12.4. The van der Waals surface area contributed by atoms with Crippen LogP contribution in [0.25, 0.3) is 0 Å². The van der Waals surface area contributed by atoms with Crippen LogP contribution in [0.5, 0.6) is 0 Å². The summed E-state index contributed by atoms with van der Waals surface area (Å²) in [6, 6.07) is 0. The largest absolute Gasteiger partial charge is 0.364 e. The first-order valence-electron chi connectivity index (χ1n) is 3.37. The van der Waals surface area contributed by atoms with Gasteiger partial charge in [-0.3, -0.25) is 4.79 Å². The number of thiocarbonyl (C=S) groups is 1. The Kier molecular flexibility index (Phi) is 5.50. The molecular formula is C7H13NOS2. The molecule has 0 aliphatic heterocycles. The predicted molar refractivity (Wildman–Crippen MR) is 54.0 cm³/mol. The minimum Gasteiger partial charge on any atom is -0.364 e. The molecule has 0 spiro atoms. The van der Waals surface area contributed by atoms with Gasteiger partial charge in [-0.15, -0.1) is 0 Å². The number of carbonyl (C=O) groups is 1. The lowest BCUT2D eigenvalue weighted by atomic mass is 10.4. The molecule has 0 aromatic carbocycles. The molecule has 4 heteroatoms. The van der Waals surface area contributed by atoms with Gasteiger partial charge >= 0.3 is 0 Å². The van der Waals surface area contributed by atoms with Gasteiger partial charge in [-0.1, -0.05) is 24.0 Å². The van der Waals surface area contributed by atoms with E-state index >= 15 is 0 Å². The SMILES string of the molecule is CC(=O)CCSC(=S)N(C)C. The third-order valence-electron chi connectivity index (χ3n) is 1.04. The molecule has 0 aliphatic carbocycles. The molecule has 0 radical (unpaired) electrons. The molecule has 0 bridgehead atoms. The highest BCUT2D eigenvalue weighted by Gasteiger charge is 2.00. The Hall–Kier alpha value is -0.0900. The molecule has 0 aromatic heterocycles. The van der Waals surface area contributed by atoms with E-state index in [-0.39, 0.29) is 5.78 Å². The minimum absolute atomic E-state index is 0.221. The average Bonchev–Trinajstić information content (AvgIpc) is 1.86. The maximum atomic E-state index is 10.5. The van der Waals surface area contributed by atoms with Crippen molar-refractivity contribution in [3.8, 4) is 0 Å². The molecule has 0 aromatic rings. The number of ketones is 1. The van der Waals surface area contributed by atoms with E-state index in [2.05, 4.69) is 0 Å². The molecular weight excluding hydrogens is 178 g/mol. The molecule has 0 unspecified atom stereocenters. The number of hydrogen-bond donors (Lipinski definition) is 0. The van der Waals surface area contributed by atoms with Crippen molar-refractivity contribution < 1.29 is 4.79 Å². The fourth-order valence-electron chi connectivity index (χ4n) is 0.411. The molecule has 64 valence electrons. The zero-order chi connectivity index (χ0) is 8.85. The van der Waals surface area contributed by atoms with E-state index in [0.717, 1.165) is 10.1 Å². The lowest BCUT2D eigenvalue weighted by Crippen LogP contribution is -2.16. The topological polar surface area (TPSA) is 20.3 Å². The smallest absolute Gasteiger partial charge is 0.135 e. The first kappa shape index (κ1) is 10.9. The third-order valence-corrected chi connectivity index (χ3v) is 2.78. The molecule has 0 heterocycles. The monoisotopic (exact) mass is 191 g/mol. The van der Waals surface area contributed by atoms with Gasteiger partial charge in [0.25, 0.3) is 0 Å². The van der Waals surface area contributed by atoms with Crippen molar-refractivity contribution in [2.45, 2.75) is 13.3 Å². The quantitative estimate of drug-likeness (QED) is 0.630. The van der Waals surface area contributed by atoms with Crippen LogP contribution in [0.4, 0.5) is 0 Å². The fraction of sp³-hybridized carbons (Fsp3) is 0.714. The summed E-state index contributed by atoms with van der Waals surface area (Å²) in [5, 5.41) is 0. The molecule has 11 heavy (non-hydrogen) atoms. The Morgan fingerprint density at radius 3 is 2.45 bits per heavy atom. The molecule has 2 nitrogen and oxygen atoms in total. The van der Waals surface area contributed by atoms with Gasteiger partial charge in [-0.2, -0.15) is 0 Å². The number of hydrogen-bond acceptors (Lipinski definition) is 3. The standard InChI is InChI=1S/C7H13NOS2/c1-6(9)4-5-11-7(10)8(2)3/h4-5H2,1-3H3. The van der Waals surface area contributed by atoms with Crippen molar-refractivity contribution in [1.82, 2.24) is 4.90 Å². The summed E-state index contributed by atoms with van der Waals surface area (Å²) >= 11 is 6.56. The van der Waals surface area contributed by atoms with Crippen molar-refractivity contribution in [2.24, 2.45) is 0 Å². The number of carbonyl (C=O) groups excluding carboxylic acids is 1. The van der Waals surface area contributed by atoms with Crippen LogP contribution in [0.15, 0.2) is 0 Å². The van der Waals surface area contributed by atoms with E-state index in [9.17, 15) is 4.79 Å². The molecule has 0 fully saturated rings. The van der Waals surface area contributed by atoms with E-state index in [0.29, 0.717) is 6.42 Å². The van der Waals surface area contributed by atoms with Crippen molar-refractivity contribution in [1.29, 1.82) is 0 Å². The number of nitrogens with zero attached hydrogens (tertiary/aromatic N) is 1. The number of rotatable bonds is 3. The predicted octanol–water partition coefficient (Wildman–Crippen LogP) is 1.55. The second-order valence-electron chi connectivity index (χ2n) is 2.46. The lowest BCUT2D eigenvalue weighted by molar-refractivity contribution is -0.116. The second kappa shape index (κ2) is 5.55. The van der Waals surface area contributed by atoms with Gasteiger partial charge in [0.15, 0.2) is 0 Å². The molecule has 0 aliphatic rings. The van der Waals surface area contributed by atoms with Crippen molar-refractivity contribution >= 4 is 34.1 Å². The molecule has 0 N–H and O–H groups in total. The van der Waals surface area contributed by atoms with Crippen LogP contribution < -0.4 is 0 Å². The highest BCUT2D eigenvalue weighted by Crippen LogP contribution is 2.07.